The zero-order valence-electron chi connectivity index (χ0n) is 14.9. The zero-order valence-corrected chi connectivity index (χ0v) is 14.9. The summed E-state index contributed by atoms with van der Waals surface area (Å²) in [5, 5.41) is 16.6. The van der Waals surface area contributed by atoms with Crippen molar-refractivity contribution in [2.75, 3.05) is 33.4 Å². The van der Waals surface area contributed by atoms with Crippen LogP contribution in [-0.2, 0) is 4.74 Å². The Kier molecular flexibility index (Phi) is 7.59. The molecule has 1 fully saturated rings. The van der Waals surface area contributed by atoms with Crippen molar-refractivity contribution in [3.63, 3.8) is 0 Å². The van der Waals surface area contributed by atoms with Crippen molar-refractivity contribution in [1.29, 1.82) is 0 Å². The molecule has 24 heavy (non-hydrogen) atoms. The van der Waals surface area contributed by atoms with E-state index in [0.29, 0.717) is 12.3 Å². The van der Waals surface area contributed by atoms with Crippen LogP contribution in [0.4, 0.5) is 0 Å². The Hall–Kier alpha value is -1.53. The van der Waals surface area contributed by atoms with Crippen molar-refractivity contribution in [3.05, 3.63) is 24.2 Å². The first kappa shape index (κ1) is 18.8. The second-order valence-electron chi connectivity index (χ2n) is 6.56. The molecule has 6 heteroatoms. The van der Waals surface area contributed by atoms with Crippen LogP contribution < -0.4 is 10.6 Å². The molecule has 1 heterocycles. The number of guanidine groups is 1. The topological polar surface area (TPSA) is 79.0 Å². The summed E-state index contributed by atoms with van der Waals surface area (Å²) in [7, 11) is 1.76. The van der Waals surface area contributed by atoms with Gasteiger partial charge in [0.2, 0.25) is 0 Å². The summed E-state index contributed by atoms with van der Waals surface area (Å²) in [6.07, 6.45) is 6.93. The molecule has 0 aliphatic heterocycles. The molecule has 1 aromatic heterocycles. The molecule has 1 aliphatic rings. The van der Waals surface area contributed by atoms with Crippen molar-refractivity contribution < 1.29 is 14.3 Å². The van der Waals surface area contributed by atoms with Crippen LogP contribution in [0.1, 0.15) is 50.9 Å². The Morgan fingerprint density at radius 1 is 1.42 bits per heavy atom. The van der Waals surface area contributed by atoms with Gasteiger partial charge in [0.1, 0.15) is 11.9 Å². The predicted octanol–water partition coefficient (Wildman–Crippen LogP) is 2.46. The van der Waals surface area contributed by atoms with Crippen LogP contribution in [0.3, 0.4) is 0 Å². The van der Waals surface area contributed by atoms with Gasteiger partial charge in [0, 0.05) is 26.8 Å². The third-order valence-electron chi connectivity index (χ3n) is 4.75. The quantitative estimate of drug-likeness (QED) is 0.476. The first-order valence-corrected chi connectivity index (χ1v) is 8.92. The van der Waals surface area contributed by atoms with E-state index in [1.807, 2.05) is 6.92 Å². The lowest BCUT2D eigenvalue weighted by molar-refractivity contribution is 0.141. The van der Waals surface area contributed by atoms with E-state index in [-0.39, 0.29) is 5.41 Å². The van der Waals surface area contributed by atoms with E-state index >= 15 is 0 Å². The van der Waals surface area contributed by atoms with Crippen molar-refractivity contribution in [2.45, 2.75) is 45.1 Å². The molecule has 6 nitrogen and oxygen atoms in total. The minimum atomic E-state index is -0.683. The lowest BCUT2D eigenvalue weighted by Crippen LogP contribution is -2.40. The average molecular weight is 337 g/mol. The van der Waals surface area contributed by atoms with Gasteiger partial charge >= 0.3 is 0 Å². The minimum absolute atomic E-state index is 0.262. The van der Waals surface area contributed by atoms with Crippen LogP contribution in [0.15, 0.2) is 27.8 Å². The highest BCUT2D eigenvalue weighted by Gasteiger charge is 2.33. The van der Waals surface area contributed by atoms with Gasteiger partial charge in [-0.3, -0.25) is 4.99 Å². The largest absolute Gasteiger partial charge is 0.467 e. The highest BCUT2D eigenvalue weighted by atomic mass is 16.5. The summed E-state index contributed by atoms with van der Waals surface area (Å²) in [4.78, 5) is 4.77. The molecular formula is C18H31N3O3. The molecule has 136 valence electrons. The van der Waals surface area contributed by atoms with Crippen LogP contribution in [-0.4, -0.2) is 44.4 Å². The van der Waals surface area contributed by atoms with E-state index in [9.17, 15) is 5.11 Å². The Morgan fingerprint density at radius 2 is 2.21 bits per heavy atom. The lowest BCUT2D eigenvalue weighted by atomic mass is 9.83. The highest BCUT2D eigenvalue weighted by Crippen LogP contribution is 2.41. The number of aliphatic imine (C=N–C) groups is 1. The second-order valence-corrected chi connectivity index (χ2v) is 6.56. The number of ether oxygens (including phenoxy) is 1. The van der Waals surface area contributed by atoms with E-state index in [4.69, 9.17) is 14.1 Å². The number of hydrogen-bond acceptors (Lipinski definition) is 4. The van der Waals surface area contributed by atoms with Crippen molar-refractivity contribution in [2.24, 2.45) is 10.4 Å². The molecule has 0 spiro atoms. The van der Waals surface area contributed by atoms with Gasteiger partial charge < -0.3 is 24.9 Å². The number of aliphatic hydroxyl groups is 1. The Balaban J connectivity index is 1.91. The summed E-state index contributed by atoms with van der Waals surface area (Å²) in [6, 6.07) is 3.55. The number of aliphatic hydroxyl groups excluding tert-OH is 1. The zero-order chi connectivity index (χ0) is 17.3. The summed E-state index contributed by atoms with van der Waals surface area (Å²) >= 11 is 0. The van der Waals surface area contributed by atoms with Gasteiger partial charge in [-0.05, 0) is 43.7 Å². The van der Waals surface area contributed by atoms with Crippen LogP contribution in [0.25, 0.3) is 0 Å². The van der Waals surface area contributed by atoms with Gasteiger partial charge in [-0.15, -0.1) is 0 Å². The predicted molar refractivity (Wildman–Crippen MR) is 95.0 cm³/mol. The number of hydrogen-bond donors (Lipinski definition) is 3. The third-order valence-corrected chi connectivity index (χ3v) is 4.75. The van der Waals surface area contributed by atoms with E-state index in [1.165, 1.54) is 25.7 Å². The maximum absolute atomic E-state index is 10.1. The highest BCUT2D eigenvalue weighted by molar-refractivity contribution is 5.79. The maximum atomic E-state index is 10.1. The van der Waals surface area contributed by atoms with Gasteiger partial charge in [-0.1, -0.05) is 12.8 Å². The molecular weight excluding hydrogens is 306 g/mol. The van der Waals surface area contributed by atoms with Crippen LogP contribution >= 0.6 is 0 Å². The van der Waals surface area contributed by atoms with Crippen LogP contribution in [0, 0.1) is 5.41 Å². The average Bonchev–Trinajstić information content (AvgIpc) is 3.27. The van der Waals surface area contributed by atoms with E-state index in [0.717, 1.165) is 32.1 Å². The molecule has 2 rings (SSSR count). The Morgan fingerprint density at radius 3 is 2.83 bits per heavy atom. The smallest absolute Gasteiger partial charge is 0.191 e. The number of methoxy groups -OCH3 is 1. The fraction of sp³-hybridized carbons (Fsp3) is 0.722. The lowest BCUT2D eigenvalue weighted by Gasteiger charge is -2.27. The van der Waals surface area contributed by atoms with Crippen LogP contribution in [0.5, 0.6) is 0 Å². The van der Waals surface area contributed by atoms with Crippen molar-refractivity contribution in [1.82, 2.24) is 10.6 Å². The Bertz CT molecular complexity index is 482. The summed E-state index contributed by atoms with van der Waals surface area (Å²) in [5.74, 6) is 1.30. The third kappa shape index (κ3) is 5.53. The molecule has 0 bridgehead atoms. The van der Waals surface area contributed by atoms with Crippen molar-refractivity contribution >= 4 is 5.96 Å². The molecule has 1 aromatic rings. The monoisotopic (exact) mass is 337 g/mol. The van der Waals surface area contributed by atoms with E-state index < -0.39 is 6.10 Å². The van der Waals surface area contributed by atoms with Gasteiger partial charge in [0.15, 0.2) is 5.96 Å². The van der Waals surface area contributed by atoms with Gasteiger partial charge in [-0.2, -0.15) is 0 Å². The molecule has 1 atom stereocenters. The van der Waals surface area contributed by atoms with Gasteiger partial charge in [0.25, 0.3) is 0 Å². The minimum Gasteiger partial charge on any atom is -0.467 e. The van der Waals surface area contributed by atoms with Gasteiger partial charge in [-0.25, -0.2) is 0 Å². The van der Waals surface area contributed by atoms with E-state index in [2.05, 4.69) is 10.6 Å². The first-order valence-electron chi connectivity index (χ1n) is 8.92. The fourth-order valence-corrected chi connectivity index (χ4v) is 3.29. The molecule has 1 aliphatic carbocycles. The number of rotatable bonds is 9. The fourth-order valence-electron chi connectivity index (χ4n) is 3.29. The molecule has 0 aromatic carbocycles. The number of nitrogens with one attached hydrogen (secondary N) is 2. The number of furan rings is 1. The van der Waals surface area contributed by atoms with Crippen LogP contribution in [0.2, 0.25) is 0 Å². The second kappa shape index (κ2) is 9.69. The molecule has 0 radical (unpaired) electrons. The Labute approximate surface area is 144 Å². The maximum Gasteiger partial charge on any atom is 0.191 e. The molecule has 3 N–H and O–H groups in total. The molecule has 1 saturated carbocycles. The molecule has 0 amide bonds. The van der Waals surface area contributed by atoms with E-state index in [1.54, 1.807) is 25.5 Å². The first-order chi connectivity index (χ1) is 11.7. The van der Waals surface area contributed by atoms with Gasteiger partial charge in [0.05, 0.1) is 12.8 Å². The summed E-state index contributed by atoms with van der Waals surface area (Å²) in [6.45, 7) is 4.77. The summed E-state index contributed by atoms with van der Waals surface area (Å²) in [5.41, 5.74) is 0.262. The molecule has 1 unspecified atom stereocenters. The standard InChI is InChI=1S/C18H31N3O3/c1-3-19-17(20-13-15(22)16-7-6-11-24-16)21-14-18(10-12-23-2)8-4-5-9-18/h6-7,11,15,22H,3-5,8-10,12-14H2,1-2H3,(H2,19,20,21). The number of nitrogens with zero attached hydrogens (tertiary/aromatic N) is 1. The normalized spacial score (nSPS) is 18.5. The molecule has 0 saturated heterocycles. The SMILES string of the molecule is CCNC(=NCC1(CCOC)CCCC1)NCC(O)c1ccco1. The van der Waals surface area contributed by atoms with Crippen molar-refractivity contribution in [3.8, 4) is 0 Å². The summed E-state index contributed by atoms with van der Waals surface area (Å²) < 4.78 is 10.5.